The van der Waals surface area contributed by atoms with E-state index in [0.717, 1.165) is 100 Å². The van der Waals surface area contributed by atoms with Crippen LogP contribution in [0.1, 0.15) is 5.56 Å². The summed E-state index contributed by atoms with van der Waals surface area (Å²) in [6.45, 7) is 7.67. The van der Waals surface area contributed by atoms with Gasteiger partial charge >= 0.3 is 0 Å². The summed E-state index contributed by atoms with van der Waals surface area (Å²) in [5, 5.41) is 16.7. The van der Waals surface area contributed by atoms with Gasteiger partial charge in [0.1, 0.15) is 0 Å². The molecule has 0 radical (unpaired) electrons. The predicted octanol–water partition coefficient (Wildman–Crippen LogP) is 18.1. The van der Waals surface area contributed by atoms with Crippen LogP contribution < -0.4 is 9.80 Å². The van der Waals surface area contributed by atoms with Crippen molar-refractivity contribution in [3.63, 3.8) is 0 Å². The lowest BCUT2D eigenvalue weighted by atomic mass is 9.96. The van der Waals surface area contributed by atoms with Crippen LogP contribution in [0.4, 0.5) is 39.8 Å². The van der Waals surface area contributed by atoms with Crippen molar-refractivity contribution in [2.24, 2.45) is 0 Å². The van der Waals surface area contributed by atoms with Gasteiger partial charge in [-0.05, 0) is 144 Å². The van der Waals surface area contributed by atoms with Crippen LogP contribution in [0.3, 0.4) is 0 Å². The number of fused-ring (bicyclic) bond motifs is 7. The third-order valence-electron chi connectivity index (χ3n) is 13.9. The molecule has 6 nitrogen and oxygen atoms in total. The van der Waals surface area contributed by atoms with Crippen LogP contribution in [0.2, 0.25) is 0 Å². The number of nitrogens with zero attached hydrogens (tertiary/aromatic N) is 6. The van der Waals surface area contributed by atoms with Gasteiger partial charge in [-0.15, -0.1) is 0 Å². The Bertz CT molecular complexity index is 4270. The van der Waals surface area contributed by atoms with Crippen molar-refractivity contribution in [2.45, 2.75) is 0 Å². The second-order valence-electron chi connectivity index (χ2n) is 18.0. The van der Waals surface area contributed by atoms with Crippen LogP contribution in [-0.4, -0.2) is 9.13 Å². The molecule has 336 valence electrons. The summed E-state index contributed by atoms with van der Waals surface area (Å²) in [5.74, 6) is 0. The third kappa shape index (κ3) is 7.02. The van der Waals surface area contributed by atoms with E-state index < -0.39 is 0 Å². The smallest absolute Gasteiger partial charge is 0.187 e. The molecule has 2 aromatic heterocycles. The van der Waals surface area contributed by atoms with Crippen molar-refractivity contribution in [1.82, 2.24) is 9.13 Å². The van der Waals surface area contributed by atoms with Gasteiger partial charge in [-0.1, -0.05) is 127 Å². The topological polar surface area (TPSA) is 44.5 Å². The number of hydrogen-bond acceptors (Lipinski definition) is 3. The number of hydrogen-bond donors (Lipinski definition) is 0. The molecule has 0 atom stereocenters. The Morgan fingerprint density at radius 1 is 0.361 bits per heavy atom. The molecule has 0 N–H and O–H groups in total. The normalized spacial score (nSPS) is 11.3. The molecule has 0 unspecified atom stereocenters. The molecule has 13 aromatic rings. The first kappa shape index (κ1) is 42.0. The molecule has 11 aromatic carbocycles. The average molecular weight is 919 g/mol. The van der Waals surface area contributed by atoms with Crippen LogP contribution >= 0.6 is 0 Å². The molecular weight excluding hydrogens is 877 g/mol. The molecular formula is C66H42N6. The predicted molar refractivity (Wildman–Crippen MR) is 298 cm³/mol. The van der Waals surface area contributed by atoms with E-state index in [0.29, 0.717) is 11.3 Å². The molecule has 0 aliphatic carbocycles. The number of rotatable bonds is 9. The highest BCUT2D eigenvalue weighted by Gasteiger charge is 2.22. The molecule has 2 heterocycles. The lowest BCUT2D eigenvalue weighted by Gasteiger charge is -2.28. The van der Waals surface area contributed by atoms with Gasteiger partial charge in [0.05, 0.1) is 46.0 Å². The highest BCUT2D eigenvalue weighted by atomic mass is 15.2. The molecule has 72 heavy (non-hydrogen) atoms. The molecule has 13 rings (SSSR count). The van der Waals surface area contributed by atoms with E-state index in [1.54, 1.807) is 0 Å². The van der Waals surface area contributed by atoms with Gasteiger partial charge in [0.25, 0.3) is 0 Å². The monoisotopic (exact) mass is 918 g/mol. The minimum absolute atomic E-state index is 0.597. The largest absolute Gasteiger partial charge is 0.311 e. The lowest BCUT2D eigenvalue weighted by Crippen LogP contribution is -2.11. The van der Waals surface area contributed by atoms with E-state index >= 15 is 0 Å². The Labute approximate surface area is 416 Å². The number of anilines is 6. The summed E-state index contributed by atoms with van der Waals surface area (Å²) >= 11 is 0. The minimum atomic E-state index is 0.597. The zero-order chi connectivity index (χ0) is 48.1. The van der Waals surface area contributed by atoms with Crippen molar-refractivity contribution < 1.29 is 0 Å². The van der Waals surface area contributed by atoms with Gasteiger partial charge in [-0.2, -0.15) is 5.26 Å². The van der Waals surface area contributed by atoms with E-state index in [4.69, 9.17) is 6.57 Å². The summed E-state index contributed by atoms with van der Waals surface area (Å²) < 4.78 is 4.67. The highest BCUT2D eigenvalue weighted by Crippen LogP contribution is 2.46. The molecule has 0 saturated carbocycles. The fourth-order valence-electron chi connectivity index (χ4n) is 10.7. The standard InChI is InChI=1S/C66H42N6/c1-68-47-28-34-51(35-29-47)69(53-36-39-65-60(42-53)58-20-10-12-22-62(58)71(65)48-14-4-2-5-15-48)50-32-26-46(27-33-50)55-38-41-64(57-19-9-8-18-56(55)57)70(52-30-24-45(44-67)25-31-52)54-37-40-66-61(43-54)59-21-11-13-23-63(59)72(66)49-16-6-3-7-17-49/h2-43H. The molecule has 0 bridgehead atoms. The summed E-state index contributed by atoms with van der Waals surface area (Å²) in [7, 11) is 0. The van der Waals surface area contributed by atoms with Crippen LogP contribution in [0, 0.1) is 17.9 Å². The number of aromatic nitrogens is 2. The Balaban J connectivity index is 0.929. The first-order valence-electron chi connectivity index (χ1n) is 24.0. The fourth-order valence-corrected chi connectivity index (χ4v) is 10.7. The summed E-state index contributed by atoms with van der Waals surface area (Å²) in [6.07, 6.45) is 0. The van der Waals surface area contributed by atoms with Gasteiger partial charge < -0.3 is 18.9 Å². The van der Waals surface area contributed by atoms with Crippen molar-refractivity contribution in [1.29, 1.82) is 5.26 Å². The average Bonchev–Trinajstić information content (AvgIpc) is 3.97. The van der Waals surface area contributed by atoms with Crippen LogP contribution in [0.25, 0.3) is 81.7 Å². The van der Waals surface area contributed by atoms with Crippen molar-refractivity contribution >= 4 is 94.2 Å². The summed E-state index contributed by atoms with van der Waals surface area (Å²) in [4.78, 5) is 8.29. The molecule has 0 aliphatic rings. The SMILES string of the molecule is [C-]#[N+]c1ccc(N(c2ccc(-c3ccc(N(c4ccc(C#N)cc4)c4ccc5c(c4)c4ccccc4n5-c4ccccc4)c4ccccc34)cc2)c2ccc3c(c2)c2ccccc2n3-c2ccccc2)cc1. The van der Waals surface area contributed by atoms with E-state index in [-0.39, 0.29) is 0 Å². The summed E-state index contributed by atoms with van der Waals surface area (Å²) in [5.41, 5.74) is 16.2. The Hall–Kier alpha value is -10.1. The zero-order valence-electron chi connectivity index (χ0n) is 38.9. The molecule has 0 spiro atoms. The molecule has 0 aliphatic heterocycles. The van der Waals surface area contributed by atoms with Gasteiger partial charge in [0, 0.05) is 66.7 Å². The van der Waals surface area contributed by atoms with E-state index in [9.17, 15) is 5.26 Å². The van der Waals surface area contributed by atoms with E-state index in [1.807, 2.05) is 48.5 Å². The second-order valence-corrected chi connectivity index (χ2v) is 18.0. The second kappa shape index (κ2) is 17.4. The van der Waals surface area contributed by atoms with Gasteiger partial charge in [0.15, 0.2) is 5.69 Å². The zero-order valence-corrected chi connectivity index (χ0v) is 38.9. The maximum absolute atomic E-state index is 9.81. The molecule has 6 heteroatoms. The minimum Gasteiger partial charge on any atom is -0.311 e. The Kier molecular flexibility index (Phi) is 10.2. The van der Waals surface area contributed by atoms with Crippen LogP contribution in [0.15, 0.2) is 255 Å². The number of nitriles is 1. The maximum atomic E-state index is 9.81. The number of para-hydroxylation sites is 4. The molecule has 0 saturated heterocycles. The lowest BCUT2D eigenvalue weighted by molar-refractivity contribution is 1.18. The Morgan fingerprint density at radius 2 is 0.792 bits per heavy atom. The number of benzene rings is 11. The van der Waals surface area contributed by atoms with Gasteiger partial charge in [-0.3, -0.25) is 0 Å². The van der Waals surface area contributed by atoms with Gasteiger partial charge in [0.2, 0.25) is 0 Å². The first-order chi connectivity index (χ1) is 35.6. The molecule has 0 amide bonds. The van der Waals surface area contributed by atoms with Crippen molar-refractivity contribution in [2.75, 3.05) is 9.80 Å². The maximum Gasteiger partial charge on any atom is 0.187 e. The van der Waals surface area contributed by atoms with Gasteiger partial charge in [-0.25, -0.2) is 4.85 Å². The van der Waals surface area contributed by atoms with E-state index in [2.05, 4.69) is 236 Å². The first-order valence-corrected chi connectivity index (χ1v) is 24.0. The highest BCUT2D eigenvalue weighted by molar-refractivity contribution is 6.13. The van der Waals surface area contributed by atoms with Crippen molar-refractivity contribution in [3.8, 4) is 28.6 Å². The van der Waals surface area contributed by atoms with Crippen molar-refractivity contribution in [3.05, 3.63) is 272 Å². The summed E-state index contributed by atoms with van der Waals surface area (Å²) in [6, 6.07) is 91.7. The van der Waals surface area contributed by atoms with E-state index in [1.165, 1.54) is 10.8 Å². The third-order valence-corrected chi connectivity index (χ3v) is 13.9. The quantitative estimate of drug-likeness (QED) is 0.136. The van der Waals surface area contributed by atoms with Crippen LogP contribution in [0.5, 0.6) is 0 Å². The fraction of sp³-hybridized carbons (Fsp3) is 0. The Morgan fingerprint density at radius 3 is 1.33 bits per heavy atom. The van der Waals surface area contributed by atoms with Crippen LogP contribution in [-0.2, 0) is 0 Å². The molecule has 0 fully saturated rings.